The van der Waals surface area contributed by atoms with Crippen molar-refractivity contribution in [2.75, 3.05) is 17.3 Å². The van der Waals surface area contributed by atoms with Crippen molar-refractivity contribution in [1.29, 1.82) is 0 Å². The van der Waals surface area contributed by atoms with Gasteiger partial charge in [0.1, 0.15) is 0 Å². The third-order valence-corrected chi connectivity index (χ3v) is 2.56. The zero-order valence-electron chi connectivity index (χ0n) is 9.61. The average molecular weight is 240 g/mol. The first-order valence-electron chi connectivity index (χ1n) is 5.62. The van der Waals surface area contributed by atoms with Crippen LogP contribution in [0, 0.1) is 0 Å². The van der Waals surface area contributed by atoms with Crippen molar-refractivity contribution in [2.45, 2.75) is 0 Å². The monoisotopic (exact) mass is 240 g/mol. The number of para-hydroxylation sites is 1. The van der Waals surface area contributed by atoms with Crippen LogP contribution in [0.15, 0.2) is 48.7 Å². The van der Waals surface area contributed by atoms with Gasteiger partial charge in [-0.25, -0.2) is 4.52 Å². The van der Waals surface area contributed by atoms with Gasteiger partial charge >= 0.3 is 0 Å². The van der Waals surface area contributed by atoms with Gasteiger partial charge in [-0.15, -0.1) is 5.10 Å². The number of hydrogen-bond donors (Lipinski definition) is 2. The standard InChI is InChI=1S/C12H12N6/c1-2-4-10(5-3-1)13-9-14-11-6-7-18-12(8-11)15-16-17-18/h1-8,13-14H,9H2. The van der Waals surface area contributed by atoms with Crippen molar-refractivity contribution < 1.29 is 0 Å². The molecule has 0 amide bonds. The maximum Gasteiger partial charge on any atom is 0.181 e. The zero-order valence-corrected chi connectivity index (χ0v) is 9.61. The smallest absolute Gasteiger partial charge is 0.181 e. The molecule has 0 aliphatic heterocycles. The fraction of sp³-hybridized carbons (Fsp3) is 0.0833. The second-order valence-corrected chi connectivity index (χ2v) is 3.79. The molecule has 2 N–H and O–H groups in total. The Hall–Kier alpha value is -2.63. The summed E-state index contributed by atoms with van der Waals surface area (Å²) in [5.41, 5.74) is 2.77. The summed E-state index contributed by atoms with van der Waals surface area (Å²) >= 11 is 0. The van der Waals surface area contributed by atoms with Crippen LogP contribution in [0.4, 0.5) is 11.4 Å². The number of hydrogen-bond acceptors (Lipinski definition) is 5. The SMILES string of the molecule is c1ccc(NCNc2ccn3nnnc3c2)cc1. The highest BCUT2D eigenvalue weighted by Gasteiger charge is 1.98. The molecule has 6 nitrogen and oxygen atoms in total. The van der Waals surface area contributed by atoms with Crippen molar-refractivity contribution in [1.82, 2.24) is 20.0 Å². The quantitative estimate of drug-likeness (QED) is 0.678. The lowest BCUT2D eigenvalue weighted by Gasteiger charge is -2.08. The Morgan fingerprint density at radius 1 is 1.00 bits per heavy atom. The predicted molar refractivity (Wildman–Crippen MR) is 69.3 cm³/mol. The van der Waals surface area contributed by atoms with Gasteiger partial charge in [0, 0.05) is 23.6 Å². The fourth-order valence-corrected chi connectivity index (χ4v) is 1.65. The summed E-state index contributed by atoms with van der Waals surface area (Å²) in [6.07, 6.45) is 1.82. The first-order chi connectivity index (χ1) is 8.92. The number of rotatable bonds is 4. The molecule has 0 unspecified atom stereocenters. The van der Waals surface area contributed by atoms with E-state index in [-0.39, 0.29) is 0 Å². The molecule has 0 atom stereocenters. The minimum Gasteiger partial charge on any atom is -0.368 e. The van der Waals surface area contributed by atoms with Crippen LogP contribution in [0.3, 0.4) is 0 Å². The summed E-state index contributed by atoms with van der Waals surface area (Å²) < 4.78 is 1.62. The minimum absolute atomic E-state index is 0.641. The summed E-state index contributed by atoms with van der Waals surface area (Å²) in [7, 11) is 0. The number of pyridine rings is 1. The van der Waals surface area contributed by atoms with Crippen molar-refractivity contribution in [2.24, 2.45) is 0 Å². The molecule has 6 heteroatoms. The van der Waals surface area contributed by atoms with Crippen molar-refractivity contribution in [3.05, 3.63) is 48.7 Å². The molecule has 0 bridgehead atoms. The molecule has 0 radical (unpaired) electrons. The van der Waals surface area contributed by atoms with E-state index >= 15 is 0 Å². The summed E-state index contributed by atoms with van der Waals surface area (Å²) in [5.74, 6) is 0. The van der Waals surface area contributed by atoms with E-state index in [0.29, 0.717) is 6.67 Å². The molecular weight excluding hydrogens is 228 g/mol. The van der Waals surface area contributed by atoms with Gasteiger partial charge in [0.05, 0.1) is 6.67 Å². The van der Waals surface area contributed by atoms with Gasteiger partial charge < -0.3 is 10.6 Å². The maximum absolute atomic E-state index is 3.89. The van der Waals surface area contributed by atoms with Crippen LogP contribution in [-0.4, -0.2) is 26.7 Å². The molecule has 18 heavy (non-hydrogen) atoms. The van der Waals surface area contributed by atoms with Gasteiger partial charge in [-0.05, 0) is 28.6 Å². The molecule has 3 aromatic rings. The predicted octanol–water partition coefficient (Wildman–Crippen LogP) is 1.61. The van der Waals surface area contributed by atoms with Gasteiger partial charge in [0.2, 0.25) is 0 Å². The first-order valence-corrected chi connectivity index (χ1v) is 5.62. The van der Waals surface area contributed by atoms with E-state index in [1.54, 1.807) is 4.52 Å². The van der Waals surface area contributed by atoms with Crippen LogP contribution in [0.5, 0.6) is 0 Å². The van der Waals surface area contributed by atoms with Crippen molar-refractivity contribution in [3.8, 4) is 0 Å². The first kappa shape index (κ1) is 10.5. The van der Waals surface area contributed by atoms with Crippen LogP contribution in [-0.2, 0) is 0 Å². The number of aromatic nitrogens is 4. The third kappa shape index (κ3) is 2.22. The van der Waals surface area contributed by atoms with E-state index < -0.39 is 0 Å². The summed E-state index contributed by atoms with van der Waals surface area (Å²) in [6.45, 7) is 0.641. The fourth-order valence-electron chi connectivity index (χ4n) is 1.65. The largest absolute Gasteiger partial charge is 0.368 e. The lowest BCUT2D eigenvalue weighted by Crippen LogP contribution is -2.11. The minimum atomic E-state index is 0.641. The maximum atomic E-state index is 3.89. The number of anilines is 2. The molecule has 0 fully saturated rings. The zero-order chi connectivity index (χ0) is 12.2. The Balaban J connectivity index is 1.62. The van der Waals surface area contributed by atoms with E-state index in [2.05, 4.69) is 26.2 Å². The number of fused-ring (bicyclic) bond motifs is 1. The van der Waals surface area contributed by atoms with Crippen molar-refractivity contribution in [3.63, 3.8) is 0 Å². The molecule has 0 aliphatic carbocycles. The van der Waals surface area contributed by atoms with E-state index in [0.717, 1.165) is 17.0 Å². The Labute approximate surface area is 104 Å². The number of nitrogens with one attached hydrogen (secondary N) is 2. The second kappa shape index (κ2) is 4.70. The molecule has 2 aromatic heterocycles. The van der Waals surface area contributed by atoms with Crippen molar-refractivity contribution >= 4 is 17.0 Å². The van der Waals surface area contributed by atoms with Crippen LogP contribution in [0.1, 0.15) is 0 Å². The molecule has 3 rings (SSSR count). The number of tetrazole rings is 1. The van der Waals surface area contributed by atoms with Gasteiger partial charge in [-0.3, -0.25) is 0 Å². The van der Waals surface area contributed by atoms with Gasteiger partial charge in [0.15, 0.2) is 5.65 Å². The highest BCUT2D eigenvalue weighted by molar-refractivity contribution is 5.54. The number of benzene rings is 1. The third-order valence-electron chi connectivity index (χ3n) is 2.56. The topological polar surface area (TPSA) is 67.1 Å². The Morgan fingerprint density at radius 3 is 2.72 bits per heavy atom. The lowest BCUT2D eigenvalue weighted by molar-refractivity contribution is 0.823. The van der Waals surface area contributed by atoms with E-state index in [1.807, 2.05) is 48.7 Å². The van der Waals surface area contributed by atoms with Gasteiger partial charge in [-0.2, -0.15) is 0 Å². The average Bonchev–Trinajstić information content (AvgIpc) is 2.87. The van der Waals surface area contributed by atoms with Crippen LogP contribution < -0.4 is 10.6 Å². The molecule has 1 aromatic carbocycles. The molecule has 2 heterocycles. The normalized spacial score (nSPS) is 10.4. The second-order valence-electron chi connectivity index (χ2n) is 3.79. The molecular formula is C12H12N6. The Kier molecular flexibility index (Phi) is 2.75. The summed E-state index contributed by atoms with van der Waals surface area (Å²) in [5, 5.41) is 17.8. The Morgan fingerprint density at radius 2 is 1.83 bits per heavy atom. The van der Waals surface area contributed by atoms with E-state index in [1.165, 1.54) is 0 Å². The summed E-state index contributed by atoms with van der Waals surface area (Å²) in [6, 6.07) is 13.8. The molecule has 0 spiro atoms. The van der Waals surface area contributed by atoms with E-state index in [9.17, 15) is 0 Å². The van der Waals surface area contributed by atoms with Crippen LogP contribution >= 0.6 is 0 Å². The lowest BCUT2D eigenvalue weighted by atomic mass is 10.3. The van der Waals surface area contributed by atoms with Crippen LogP contribution in [0.2, 0.25) is 0 Å². The van der Waals surface area contributed by atoms with Crippen LogP contribution in [0.25, 0.3) is 5.65 Å². The highest BCUT2D eigenvalue weighted by atomic mass is 15.5. The molecule has 0 aliphatic rings. The van der Waals surface area contributed by atoms with E-state index in [4.69, 9.17) is 0 Å². The molecule has 90 valence electrons. The van der Waals surface area contributed by atoms with Gasteiger partial charge in [-0.1, -0.05) is 18.2 Å². The number of nitrogens with zero attached hydrogens (tertiary/aromatic N) is 4. The van der Waals surface area contributed by atoms with Gasteiger partial charge in [0.25, 0.3) is 0 Å². The Bertz CT molecular complexity index is 633. The molecule has 0 saturated heterocycles. The highest BCUT2D eigenvalue weighted by Crippen LogP contribution is 2.09. The summed E-state index contributed by atoms with van der Waals surface area (Å²) in [4.78, 5) is 0. The molecule has 0 saturated carbocycles.